The number of halogens is 1. The third-order valence-corrected chi connectivity index (χ3v) is 3.98. The standard InChI is InChI=1S/C18H20BrNO3/c1-3-22-14-8-10-15(11-9-14)23-12-18(21)20-13(2)16-6-4-5-7-17(16)19/h4-11,13H,3,12H2,1-2H3,(H,20,21)/t13-/m0/s1. The van der Waals surface area contributed by atoms with E-state index in [1.54, 1.807) is 12.1 Å². The number of hydrogen-bond acceptors (Lipinski definition) is 3. The van der Waals surface area contributed by atoms with E-state index in [0.29, 0.717) is 12.4 Å². The van der Waals surface area contributed by atoms with Crippen molar-refractivity contribution in [1.82, 2.24) is 5.32 Å². The Hall–Kier alpha value is -2.01. The molecule has 0 heterocycles. The fourth-order valence-corrected chi connectivity index (χ4v) is 2.76. The zero-order valence-electron chi connectivity index (χ0n) is 13.2. The van der Waals surface area contributed by atoms with Gasteiger partial charge in [0.15, 0.2) is 6.61 Å². The Morgan fingerprint density at radius 3 is 2.30 bits per heavy atom. The number of nitrogens with one attached hydrogen (secondary N) is 1. The van der Waals surface area contributed by atoms with Gasteiger partial charge in [0.2, 0.25) is 0 Å². The van der Waals surface area contributed by atoms with Crippen LogP contribution in [-0.4, -0.2) is 19.1 Å². The Labute approximate surface area is 144 Å². The molecule has 0 spiro atoms. The molecule has 0 saturated carbocycles. The molecule has 23 heavy (non-hydrogen) atoms. The van der Waals surface area contributed by atoms with E-state index < -0.39 is 0 Å². The Balaban J connectivity index is 1.84. The molecule has 0 aromatic heterocycles. The summed E-state index contributed by atoms with van der Waals surface area (Å²) >= 11 is 3.49. The zero-order valence-corrected chi connectivity index (χ0v) is 14.8. The van der Waals surface area contributed by atoms with Gasteiger partial charge in [-0.2, -0.15) is 0 Å². The van der Waals surface area contributed by atoms with Crippen molar-refractivity contribution in [2.24, 2.45) is 0 Å². The van der Waals surface area contributed by atoms with Crippen LogP contribution in [0.25, 0.3) is 0 Å². The number of amides is 1. The number of hydrogen-bond donors (Lipinski definition) is 1. The molecule has 0 saturated heterocycles. The van der Waals surface area contributed by atoms with Crippen LogP contribution < -0.4 is 14.8 Å². The van der Waals surface area contributed by atoms with Crippen molar-refractivity contribution in [3.8, 4) is 11.5 Å². The van der Waals surface area contributed by atoms with Crippen LogP contribution in [0.4, 0.5) is 0 Å². The lowest BCUT2D eigenvalue weighted by Gasteiger charge is -2.16. The predicted octanol–water partition coefficient (Wildman–Crippen LogP) is 4.10. The van der Waals surface area contributed by atoms with Crippen LogP contribution >= 0.6 is 15.9 Å². The summed E-state index contributed by atoms with van der Waals surface area (Å²) in [5.41, 5.74) is 1.03. The van der Waals surface area contributed by atoms with E-state index in [-0.39, 0.29) is 18.6 Å². The summed E-state index contributed by atoms with van der Waals surface area (Å²) in [4.78, 5) is 12.0. The van der Waals surface area contributed by atoms with E-state index in [0.717, 1.165) is 15.8 Å². The number of carbonyl (C=O) groups excluding carboxylic acids is 1. The Kier molecular flexibility index (Phi) is 6.47. The van der Waals surface area contributed by atoms with Gasteiger partial charge in [-0.1, -0.05) is 34.1 Å². The average Bonchev–Trinajstić information content (AvgIpc) is 2.55. The molecule has 0 radical (unpaired) electrons. The minimum Gasteiger partial charge on any atom is -0.494 e. The molecular formula is C18H20BrNO3. The first kappa shape index (κ1) is 17.3. The van der Waals surface area contributed by atoms with Gasteiger partial charge in [0, 0.05) is 4.47 Å². The molecule has 2 rings (SSSR count). The summed E-state index contributed by atoms with van der Waals surface area (Å²) in [7, 11) is 0. The van der Waals surface area contributed by atoms with Crippen LogP contribution in [0.15, 0.2) is 53.0 Å². The number of carbonyl (C=O) groups is 1. The van der Waals surface area contributed by atoms with Gasteiger partial charge in [-0.05, 0) is 49.7 Å². The zero-order chi connectivity index (χ0) is 16.7. The summed E-state index contributed by atoms with van der Waals surface area (Å²) < 4.78 is 11.8. The lowest BCUT2D eigenvalue weighted by atomic mass is 10.1. The molecule has 0 unspecified atom stereocenters. The molecule has 4 nitrogen and oxygen atoms in total. The van der Waals surface area contributed by atoms with Crippen LogP contribution in [0, 0.1) is 0 Å². The third-order valence-electron chi connectivity index (χ3n) is 3.25. The van der Waals surface area contributed by atoms with E-state index in [4.69, 9.17) is 9.47 Å². The Bertz CT molecular complexity index is 643. The van der Waals surface area contributed by atoms with Crippen LogP contribution in [0.1, 0.15) is 25.5 Å². The molecule has 122 valence electrons. The van der Waals surface area contributed by atoms with Gasteiger partial charge >= 0.3 is 0 Å². The molecule has 0 aliphatic carbocycles. The number of benzene rings is 2. The lowest BCUT2D eigenvalue weighted by molar-refractivity contribution is -0.123. The molecule has 0 aliphatic rings. The van der Waals surface area contributed by atoms with Crippen molar-refractivity contribution >= 4 is 21.8 Å². The number of rotatable bonds is 7. The lowest BCUT2D eigenvalue weighted by Crippen LogP contribution is -2.31. The third kappa shape index (κ3) is 5.28. The van der Waals surface area contributed by atoms with Crippen molar-refractivity contribution < 1.29 is 14.3 Å². The topological polar surface area (TPSA) is 47.6 Å². The predicted molar refractivity (Wildman–Crippen MR) is 93.8 cm³/mol. The van der Waals surface area contributed by atoms with Crippen molar-refractivity contribution in [2.75, 3.05) is 13.2 Å². The highest BCUT2D eigenvalue weighted by Crippen LogP contribution is 2.22. The molecule has 2 aromatic carbocycles. The quantitative estimate of drug-likeness (QED) is 0.789. The van der Waals surface area contributed by atoms with Gasteiger partial charge in [-0.15, -0.1) is 0 Å². The Morgan fingerprint density at radius 2 is 1.70 bits per heavy atom. The summed E-state index contributed by atoms with van der Waals surface area (Å²) in [6, 6.07) is 14.9. The minimum absolute atomic E-state index is 0.0250. The average molecular weight is 378 g/mol. The number of ether oxygens (including phenoxy) is 2. The normalized spacial score (nSPS) is 11.6. The fourth-order valence-electron chi connectivity index (χ4n) is 2.13. The molecule has 1 N–H and O–H groups in total. The summed E-state index contributed by atoms with van der Waals surface area (Å²) in [6.07, 6.45) is 0. The largest absolute Gasteiger partial charge is 0.494 e. The smallest absolute Gasteiger partial charge is 0.258 e. The van der Waals surface area contributed by atoms with E-state index in [9.17, 15) is 4.79 Å². The van der Waals surface area contributed by atoms with Crippen LogP contribution in [-0.2, 0) is 4.79 Å². The first-order valence-corrected chi connectivity index (χ1v) is 8.29. The maximum absolute atomic E-state index is 12.0. The molecule has 1 atom stereocenters. The molecule has 0 bridgehead atoms. The van der Waals surface area contributed by atoms with Gasteiger partial charge in [0.25, 0.3) is 5.91 Å². The highest BCUT2D eigenvalue weighted by molar-refractivity contribution is 9.10. The monoisotopic (exact) mass is 377 g/mol. The first-order chi connectivity index (χ1) is 11.1. The second kappa shape index (κ2) is 8.58. The molecular weight excluding hydrogens is 358 g/mol. The van der Waals surface area contributed by atoms with Crippen molar-refractivity contribution in [1.29, 1.82) is 0 Å². The Morgan fingerprint density at radius 1 is 1.09 bits per heavy atom. The van der Waals surface area contributed by atoms with E-state index in [1.807, 2.05) is 50.2 Å². The second-order valence-electron chi connectivity index (χ2n) is 5.00. The maximum atomic E-state index is 12.0. The van der Waals surface area contributed by atoms with Crippen LogP contribution in [0.3, 0.4) is 0 Å². The van der Waals surface area contributed by atoms with Gasteiger partial charge in [-0.25, -0.2) is 0 Å². The molecule has 1 amide bonds. The van der Waals surface area contributed by atoms with Gasteiger partial charge in [0.1, 0.15) is 11.5 Å². The van der Waals surface area contributed by atoms with Gasteiger partial charge < -0.3 is 14.8 Å². The van der Waals surface area contributed by atoms with Crippen molar-refractivity contribution in [3.63, 3.8) is 0 Å². The van der Waals surface area contributed by atoms with E-state index >= 15 is 0 Å². The first-order valence-electron chi connectivity index (χ1n) is 7.49. The molecule has 0 aliphatic heterocycles. The fraction of sp³-hybridized carbons (Fsp3) is 0.278. The van der Waals surface area contributed by atoms with Crippen LogP contribution in [0.2, 0.25) is 0 Å². The van der Waals surface area contributed by atoms with Crippen molar-refractivity contribution in [3.05, 3.63) is 58.6 Å². The molecule has 2 aromatic rings. The minimum atomic E-state index is -0.165. The highest BCUT2D eigenvalue weighted by atomic mass is 79.9. The van der Waals surface area contributed by atoms with E-state index in [2.05, 4.69) is 21.2 Å². The SMILES string of the molecule is CCOc1ccc(OCC(=O)N[C@@H](C)c2ccccc2Br)cc1. The molecule has 0 fully saturated rings. The van der Waals surface area contributed by atoms with Crippen LogP contribution in [0.5, 0.6) is 11.5 Å². The molecule has 5 heteroatoms. The van der Waals surface area contributed by atoms with E-state index in [1.165, 1.54) is 0 Å². The van der Waals surface area contributed by atoms with Gasteiger partial charge in [-0.3, -0.25) is 4.79 Å². The maximum Gasteiger partial charge on any atom is 0.258 e. The summed E-state index contributed by atoms with van der Waals surface area (Å²) in [5.74, 6) is 1.26. The van der Waals surface area contributed by atoms with Gasteiger partial charge in [0.05, 0.1) is 12.6 Å². The second-order valence-corrected chi connectivity index (χ2v) is 5.86. The highest BCUT2D eigenvalue weighted by Gasteiger charge is 2.12. The summed E-state index contributed by atoms with van der Waals surface area (Å²) in [6.45, 7) is 4.47. The van der Waals surface area contributed by atoms with Crippen molar-refractivity contribution in [2.45, 2.75) is 19.9 Å². The summed E-state index contributed by atoms with van der Waals surface area (Å²) in [5, 5.41) is 2.92.